The van der Waals surface area contributed by atoms with Crippen molar-refractivity contribution in [1.82, 2.24) is 15.1 Å². The second-order valence-electron chi connectivity index (χ2n) is 7.83. The van der Waals surface area contributed by atoms with Crippen molar-refractivity contribution in [2.24, 2.45) is 0 Å². The predicted octanol–water partition coefficient (Wildman–Crippen LogP) is 1.99. The van der Waals surface area contributed by atoms with Crippen LogP contribution in [-0.4, -0.2) is 79.5 Å². The lowest BCUT2D eigenvalue weighted by atomic mass is 10.1. The van der Waals surface area contributed by atoms with Gasteiger partial charge in [0.05, 0.1) is 18.9 Å². The number of benzene rings is 1. The van der Waals surface area contributed by atoms with Gasteiger partial charge in [-0.1, -0.05) is 24.6 Å². The van der Waals surface area contributed by atoms with E-state index in [1.54, 1.807) is 17.8 Å². The highest BCUT2D eigenvalue weighted by atomic mass is 32.2. The average molecular weight is 419 g/mol. The molecule has 0 radical (unpaired) electrons. The average Bonchev–Trinajstić information content (AvgIpc) is 3.02. The van der Waals surface area contributed by atoms with Crippen LogP contribution >= 0.6 is 11.8 Å². The second-order valence-corrected chi connectivity index (χ2v) is 8.95. The number of amides is 2. The molecule has 0 bridgehead atoms. The van der Waals surface area contributed by atoms with Gasteiger partial charge in [0.15, 0.2) is 0 Å². The number of nitrogens with one attached hydrogen (secondary N) is 2. The van der Waals surface area contributed by atoms with E-state index >= 15 is 0 Å². The molecule has 3 heterocycles. The maximum atomic E-state index is 12.6. The van der Waals surface area contributed by atoms with Gasteiger partial charge in [0.25, 0.3) is 11.8 Å². The number of carbonyl (C=O) groups excluding carboxylic acids is 2. The Kier molecular flexibility index (Phi) is 7.07. The van der Waals surface area contributed by atoms with Crippen molar-refractivity contribution < 1.29 is 14.3 Å². The highest BCUT2D eigenvalue weighted by Gasteiger charge is 2.33. The molecule has 2 amide bonds. The van der Waals surface area contributed by atoms with Gasteiger partial charge in [-0.25, -0.2) is 0 Å². The Labute approximate surface area is 176 Å². The minimum Gasteiger partial charge on any atom is -0.379 e. The summed E-state index contributed by atoms with van der Waals surface area (Å²) in [5, 5.41) is 5.77. The normalized spacial score (nSPS) is 23.7. The summed E-state index contributed by atoms with van der Waals surface area (Å²) in [6.45, 7) is 6.64. The molecule has 2 fully saturated rings. The number of anilines is 1. The van der Waals surface area contributed by atoms with Crippen LogP contribution in [0, 0.1) is 0 Å². The van der Waals surface area contributed by atoms with Crippen molar-refractivity contribution in [3.8, 4) is 0 Å². The van der Waals surface area contributed by atoms with E-state index in [0.717, 1.165) is 43.3 Å². The first-order chi connectivity index (χ1) is 14.2. The lowest BCUT2D eigenvalue weighted by Gasteiger charge is -2.35. The van der Waals surface area contributed by atoms with E-state index in [9.17, 15) is 9.59 Å². The minimum absolute atomic E-state index is 0.0249. The summed E-state index contributed by atoms with van der Waals surface area (Å²) in [6, 6.07) is 5.58. The van der Waals surface area contributed by atoms with Crippen molar-refractivity contribution >= 4 is 29.3 Å². The van der Waals surface area contributed by atoms with Gasteiger partial charge in [0.2, 0.25) is 0 Å². The van der Waals surface area contributed by atoms with E-state index in [1.807, 2.05) is 12.1 Å². The summed E-state index contributed by atoms with van der Waals surface area (Å²) in [5.74, 6) is -0.111. The van der Waals surface area contributed by atoms with Crippen LogP contribution in [0.15, 0.2) is 23.1 Å². The van der Waals surface area contributed by atoms with E-state index in [0.29, 0.717) is 25.3 Å². The molecule has 1 aromatic carbocycles. The second kappa shape index (κ2) is 9.93. The van der Waals surface area contributed by atoms with E-state index in [1.165, 1.54) is 25.7 Å². The van der Waals surface area contributed by atoms with Crippen molar-refractivity contribution in [2.75, 3.05) is 57.8 Å². The molecule has 1 aromatic rings. The fraction of sp³-hybridized carbons (Fsp3) is 0.619. The SMILES string of the molecule is O=C(NCCN1CCCCCC1)c1ccc2c(c1)NC(=O)C(N1CCOCC1)S2. The van der Waals surface area contributed by atoms with Gasteiger partial charge in [-0.05, 0) is 44.1 Å². The molecule has 0 spiro atoms. The molecule has 0 saturated carbocycles. The number of fused-ring (bicyclic) bond motifs is 1. The molecule has 158 valence electrons. The third kappa shape index (κ3) is 5.31. The van der Waals surface area contributed by atoms with Gasteiger partial charge < -0.3 is 20.3 Å². The largest absolute Gasteiger partial charge is 0.379 e. The van der Waals surface area contributed by atoms with Gasteiger partial charge in [0, 0.05) is 36.6 Å². The molecule has 8 heteroatoms. The highest BCUT2D eigenvalue weighted by Crippen LogP contribution is 2.37. The zero-order valence-electron chi connectivity index (χ0n) is 16.8. The van der Waals surface area contributed by atoms with E-state index in [4.69, 9.17) is 4.74 Å². The molecule has 7 nitrogen and oxygen atoms in total. The first-order valence-corrected chi connectivity index (χ1v) is 11.5. The number of ether oxygens (including phenoxy) is 1. The molecule has 3 aliphatic heterocycles. The van der Waals surface area contributed by atoms with E-state index in [2.05, 4.69) is 20.4 Å². The van der Waals surface area contributed by atoms with E-state index < -0.39 is 0 Å². The number of likely N-dealkylation sites (tertiary alicyclic amines) is 1. The molecule has 0 aliphatic carbocycles. The van der Waals surface area contributed by atoms with Crippen LogP contribution in [-0.2, 0) is 9.53 Å². The Morgan fingerprint density at radius 3 is 2.66 bits per heavy atom. The molecule has 4 rings (SSSR count). The zero-order chi connectivity index (χ0) is 20.1. The van der Waals surface area contributed by atoms with Crippen LogP contribution in [0.2, 0.25) is 0 Å². The summed E-state index contributed by atoms with van der Waals surface area (Å²) >= 11 is 1.55. The lowest BCUT2D eigenvalue weighted by Crippen LogP contribution is -2.48. The van der Waals surface area contributed by atoms with Crippen molar-refractivity contribution in [3.63, 3.8) is 0 Å². The van der Waals surface area contributed by atoms with Crippen LogP contribution in [0.5, 0.6) is 0 Å². The molecule has 2 saturated heterocycles. The van der Waals surface area contributed by atoms with Gasteiger partial charge >= 0.3 is 0 Å². The molecule has 29 heavy (non-hydrogen) atoms. The third-order valence-electron chi connectivity index (χ3n) is 5.75. The summed E-state index contributed by atoms with van der Waals surface area (Å²) in [4.78, 5) is 30.7. The van der Waals surface area contributed by atoms with Crippen LogP contribution in [0.3, 0.4) is 0 Å². The van der Waals surface area contributed by atoms with Crippen LogP contribution in [0.4, 0.5) is 5.69 Å². The van der Waals surface area contributed by atoms with Crippen molar-refractivity contribution in [2.45, 2.75) is 36.0 Å². The number of rotatable bonds is 5. The first kappa shape index (κ1) is 20.7. The van der Waals surface area contributed by atoms with Crippen molar-refractivity contribution in [3.05, 3.63) is 23.8 Å². The van der Waals surface area contributed by atoms with Crippen LogP contribution < -0.4 is 10.6 Å². The summed E-state index contributed by atoms with van der Waals surface area (Å²) in [7, 11) is 0. The maximum absolute atomic E-state index is 12.6. The van der Waals surface area contributed by atoms with Crippen LogP contribution in [0.25, 0.3) is 0 Å². The standard InChI is InChI=1S/C21H30N4O3S/c26-19(22-7-10-24-8-3-1-2-4-9-24)16-5-6-18-17(15-16)23-20(27)21(29-18)25-11-13-28-14-12-25/h5-6,15,21H,1-4,7-14H2,(H,22,26)(H,23,27). The Bertz CT molecular complexity index is 731. The quantitative estimate of drug-likeness (QED) is 0.762. The van der Waals surface area contributed by atoms with E-state index in [-0.39, 0.29) is 17.2 Å². The highest BCUT2D eigenvalue weighted by molar-refractivity contribution is 8.00. The fourth-order valence-electron chi connectivity index (χ4n) is 4.08. The fourth-order valence-corrected chi connectivity index (χ4v) is 5.23. The summed E-state index contributed by atoms with van der Waals surface area (Å²) in [5.41, 5.74) is 1.31. The monoisotopic (exact) mass is 418 g/mol. The Morgan fingerprint density at radius 2 is 1.90 bits per heavy atom. The number of hydrogen-bond acceptors (Lipinski definition) is 6. The Morgan fingerprint density at radius 1 is 1.14 bits per heavy atom. The molecular formula is C21H30N4O3S. The van der Waals surface area contributed by atoms with Gasteiger partial charge in [-0.3, -0.25) is 14.5 Å². The minimum atomic E-state index is -0.236. The molecule has 1 atom stereocenters. The van der Waals surface area contributed by atoms with Crippen molar-refractivity contribution in [1.29, 1.82) is 0 Å². The maximum Gasteiger partial charge on any atom is 0.252 e. The number of hydrogen-bond donors (Lipinski definition) is 2. The first-order valence-electron chi connectivity index (χ1n) is 10.6. The van der Waals surface area contributed by atoms with Gasteiger partial charge in [-0.15, -0.1) is 0 Å². The topological polar surface area (TPSA) is 73.9 Å². The third-order valence-corrected chi connectivity index (χ3v) is 7.10. The summed E-state index contributed by atoms with van der Waals surface area (Å²) in [6.07, 6.45) is 5.13. The predicted molar refractivity (Wildman–Crippen MR) is 114 cm³/mol. The number of nitrogens with zero attached hydrogens (tertiary/aromatic N) is 2. The molecule has 0 aromatic heterocycles. The lowest BCUT2D eigenvalue weighted by molar-refractivity contribution is -0.119. The van der Waals surface area contributed by atoms with Gasteiger partial charge in [0.1, 0.15) is 5.37 Å². The summed E-state index contributed by atoms with van der Waals surface area (Å²) < 4.78 is 5.38. The molecule has 3 aliphatic rings. The number of thioether (sulfide) groups is 1. The molecule has 2 N–H and O–H groups in total. The van der Waals surface area contributed by atoms with Crippen LogP contribution in [0.1, 0.15) is 36.0 Å². The Hall–Kier alpha value is -1.61. The number of carbonyl (C=O) groups is 2. The molecular weight excluding hydrogens is 388 g/mol. The van der Waals surface area contributed by atoms with Gasteiger partial charge in [-0.2, -0.15) is 0 Å². The Balaban J connectivity index is 1.32. The number of morpholine rings is 1. The molecule has 1 unspecified atom stereocenters. The smallest absolute Gasteiger partial charge is 0.252 e. The zero-order valence-corrected chi connectivity index (χ0v) is 17.6.